The molecule has 0 atom stereocenters. The van der Waals surface area contributed by atoms with Crippen molar-refractivity contribution < 1.29 is 14.6 Å². The molecule has 1 aromatic carbocycles. The second kappa shape index (κ2) is 5.95. The minimum Gasteiger partial charge on any atom is -0.507 e. The summed E-state index contributed by atoms with van der Waals surface area (Å²) in [6, 6.07) is 4.76. The first kappa shape index (κ1) is 13.7. The SMILES string of the molecule is CCCN(CC1CC1)C(=O)c1cc(OC)ccc1O. The summed E-state index contributed by atoms with van der Waals surface area (Å²) in [6.45, 7) is 3.58. The van der Waals surface area contributed by atoms with E-state index in [4.69, 9.17) is 4.74 Å². The molecule has 1 saturated carbocycles. The van der Waals surface area contributed by atoms with Crippen molar-refractivity contribution in [3.8, 4) is 11.5 Å². The van der Waals surface area contributed by atoms with Crippen LogP contribution < -0.4 is 4.74 Å². The number of amides is 1. The first-order valence-electron chi connectivity index (χ1n) is 6.82. The molecule has 1 amide bonds. The molecular weight excluding hydrogens is 242 g/mol. The van der Waals surface area contributed by atoms with E-state index in [-0.39, 0.29) is 11.7 Å². The van der Waals surface area contributed by atoms with Crippen LogP contribution in [0.25, 0.3) is 0 Å². The molecule has 0 heterocycles. The van der Waals surface area contributed by atoms with Gasteiger partial charge in [-0.3, -0.25) is 4.79 Å². The number of phenols is 1. The molecule has 104 valence electrons. The minimum atomic E-state index is -0.106. The lowest BCUT2D eigenvalue weighted by Crippen LogP contribution is -2.33. The lowest BCUT2D eigenvalue weighted by molar-refractivity contribution is 0.0744. The summed E-state index contributed by atoms with van der Waals surface area (Å²) in [5, 5.41) is 9.86. The number of carbonyl (C=O) groups is 1. The molecule has 4 nitrogen and oxygen atoms in total. The molecule has 0 aromatic heterocycles. The van der Waals surface area contributed by atoms with Crippen LogP contribution in [0.1, 0.15) is 36.5 Å². The summed E-state index contributed by atoms with van der Waals surface area (Å²) >= 11 is 0. The Kier molecular flexibility index (Phi) is 4.30. The highest BCUT2D eigenvalue weighted by atomic mass is 16.5. The van der Waals surface area contributed by atoms with Crippen molar-refractivity contribution in [2.24, 2.45) is 5.92 Å². The number of rotatable bonds is 6. The Morgan fingerprint density at radius 2 is 2.21 bits per heavy atom. The van der Waals surface area contributed by atoms with Gasteiger partial charge in [0.05, 0.1) is 12.7 Å². The molecule has 19 heavy (non-hydrogen) atoms. The van der Waals surface area contributed by atoms with Crippen molar-refractivity contribution in [1.29, 1.82) is 0 Å². The second-order valence-corrected chi connectivity index (χ2v) is 5.08. The van der Waals surface area contributed by atoms with Crippen LogP contribution in [0.2, 0.25) is 0 Å². The van der Waals surface area contributed by atoms with Gasteiger partial charge in [-0.2, -0.15) is 0 Å². The highest BCUT2D eigenvalue weighted by Gasteiger charge is 2.28. The Balaban J connectivity index is 2.19. The summed E-state index contributed by atoms with van der Waals surface area (Å²) < 4.78 is 5.11. The summed E-state index contributed by atoms with van der Waals surface area (Å²) in [4.78, 5) is 14.3. The summed E-state index contributed by atoms with van der Waals surface area (Å²) in [7, 11) is 1.55. The fourth-order valence-corrected chi connectivity index (χ4v) is 2.14. The largest absolute Gasteiger partial charge is 0.507 e. The standard InChI is InChI=1S/C15H21NO3/c1-3-8-16(10-11-4-5-11)15(18)13-9-12(19-2)6-7-14(13)17/h6-7,9,11,17H,3-5,8,10H2,1-2H3. The van der Waals surface area contributed by atoms with E-state index in [2.05, 4.69) is 6.92 Å². The Morgan fingerprint density at radius 1 is 1.47 bits per heavy atom. The molecule has 1 aliphatic carbocycles. The van der Waals surface area contributed by atoms with Crippen molar-refractivity contribution in [1.82, 2.24) is 4.90 Å². The predicted molar refractivity (Wildman–Crippen MR) is 73.6 cm³/mol. The van der Waals surface area contributed by atoms with Gasteiger partial charge in [-0.25, -0.2) is 0 Å². The maximum absolute atomic E-state index is 12.5. The molecule has 4 heteroatoms. The van der Waals surface area contributed by atoms with Gasteiger partial charge in [0.1, 0.15) is 11.5 Å². The van der Waals surface area contributed by atoms with Gasteiger partial charge < -0.3 is 14.7 Å². The average molecular weight is 263 g/mol. The number of phenolic OH excluding ortho intramolecular Hbond substituents is 1. The maximum atomic E-state index is 12.5. The van der Waals surface area contributed by atoms with Crippen LogP contribution in [0.15, 0.2) is 18.2 Å². The van der Waals surface area contributed by atoms with Crippen molar-refractivity contribution in [3.63, 3.8) is 0 Å². The number of methoxy groups -OCH3 is 1. The second-order valence-electron chi connectivity index (χ2n) is 5.08. The number of ether oxygens (including phenoxy) is 1. The third-order valence-corrected chi connectivity index (χ3v) is 3.39. The van der Waals surface area contributed by atoms with Crippen LogP contribution in [0.3, 0.4) is 0 Å². The number of hydrogen-bond donors (Lipinski definition) is 1. The minimum absolute atomic E-state index is 0.0164. The van der Waals surface area contributed by atoms with Gasteiger partial charge in [0.25, 0.3) is 5.91 Å². The van der Waals surface area contributed by atoms with E-state index in [1.165, 1.54) is 18.9 Å². The summed E-state index contributed by atoms with van der Waals surface area (Å²) in [5.74, 6) is 1.14. The molecule has 1 N–H and O–H groups in total. The molecule has 0 aliphatic heterocycles. The number of nitrogens with zero attached hydrogens (tertiary/aromatic N) is 1. The fourth-order valence-electron chi connectivity index (χ4n) is 2.14. The summed E-state index contributed by atoms with van der Waals surface area (Å²) in [5.41, 5.74) is 0.327. The van der Waals surface area contributed by atoms with Crippen LogP contribution in [0.4, 0.5) is 0 Å². The van der Waals surface area contributed by atoms with Gasteiger partial charge in [0, 0.05) is 13.1 Å². The first-order valence-corrected chi connectivity index (χ1v) is 6.82. The summed E-state index contributed by atoms with van der Waals surface area (Å²) in [6.07, 6.45) is 3.33. The topological polar surface area (TPSA) is 49.8 Å². The van der Waals surface area contributed by atoms with Crippen LogP contribution in [0, 0.1) is 5.92 Å². The van der Waals surface area contributed by atoms with E-state index in [1.54, 1.807) is 19.2 Å². The lowest BCUT2D eigenvalue weighted by Gasteiger charge is -2.22. The highest BCUT2D eigenvalue weighted by Crippen LogP contribution is 2.31. The Hall–Kier alpha value is -1.71. The smallest absolute Gasteiger partial charge is 0.257 e. The molecule has 2 rings (SSSR count). The van der Waals surface area contributed by atoms with E-state index < -0.39 is 0 Å². The molecule has 1 fully saturated rings. The zero-order valence-electron chi connectivity index (χ0n) is 11.6. The van der Waals surface area contributed by atoms with Crippen LogP contribution in [-0.2, 0) is 0 Å². The van der Waals surface area contributed by atoms with E-state index in [1.807, 2.05) is 4.90 Å². The molecule has 1 aliphatic rings. The molecule has 0 unspecified atom stereocenters. The zero-order chi connectivity index (χ0) is 13.8. The predicted octanol–water partition coefficient (Wildman–Crippen LogP) is 2.66. The zero-order valence-corrected chi connectivity index (χ0v) is 11.6. The van der Waals surface area contributed by atoms with Gasteiger partial charge in [-0.15, -0.1) is 0 Å². The fraction of sp³-hybridized carbons (Fsp3) is 0.533. The van der Waals surface area contributed by atoms with Crippen LogP contribution in [-0.4, -0.2) is 36.1 Å². The molecular formula is C15H21NO3. The maximum Gasteiger partial charge on any atom is 0.257 e. The van der Waals surface area contributed by atoms with E-state index in [0.717, 1.165) is 19.5 Å². The molecule has 0 radical (unpaired) electrons. The number of hydrogen-bond acceptors (Lipinski definition) is 3. The monoisotopic (exact) mass is 263 g/mol. The van der Waals surface area contributed by atoms with E-state index >= 15 is 0 Å². The van der Waals surface area contributed by atoms with Gasteiger partial charge in [-0.05, 0) is 43.4 Å². The molecule has 1 aromatic rings. The van der Waals surface area contributed by atoms with Crippen molar-refractivity contribution in [3.05, 3.63) is 23.8 Å². The van der Waals surface area contributed by atoms with E-state index in [0.29, 0.717) is 17.2 Å². The lowest BCUT2D eigenvalue weighted by atomic mass is 10.1. The van der Waals surface area contributed by atoms with Crippen LogP contribution in [0.5, 0.6) is 11.5 Å². The normalized spacial score (nSPS) is 14.2. The third-order valence-electron chi connectivity index (χ3n) is 3.39. The van der Waals surface area contributed by atoms with Gasteiger partial charge in [-0.1, -0.05) is 6.92 Å². The molecule has 0 spiro atoms. The molecule has 0 saturated heterocycles. The first-order chi connectivity index (χ1) is 9.15. The third kappa shape index (κ3) is 3.40. The molecule has 0 bridgehead atoms. The van der Waals surface area contributed by atoms with Crippen molar-refractivity contribution in [2.75, 3.05) is 20.2 Å². The number of benzene rings is 1. The van der Waals surface area contributed by atoms with Crippen LogP contribution >= 0.6 is 0 Å². The quantitative estimate of drug-likeness (QED) is 0.858. The Labute approximate surface area is 114 Å². The van der Waals surface area contributed by atoms with Crippen molar-refractivity contribution in [2.45, 2.75) is 26.2 Å². The number of carbonyl (C=O) groups excluding carboxylic acids is 1. The Bertz CT molecular complexity index is 455. The van der Waals surface area contributed by atoms with E-state index in [9.17, 15) is 9.90 Å². The van der Waals surface area contributed by atoms with Gasteiger partial charge in [0.15, 0.2) is 0 Å². The van der Waals surface area contributed by atoms with Crippen molar-refractivity contribution >= 4 is 5.91 Å². The van der Waals surface area contributed by atoms with Gasteiger partial charge in [0.2, 0.25) is 0 Å². The average Bonchev–Trinajstić information content (AvgIpc) is 3.22. The highest BCUT2D eigenvalue weighted by molar-refractivity contribution is 5.97. The number of aromatic hydroxyl groups is 1. The van der Waals surface area contributed by atoms with Gasteiger partial charge >= 0.3 is 0 Å². The Morgan fingerprint density at radius 3 is 2.79 bits per heavy atom.